The van der Waals surface area contributed by atoms with Crippen molar-refractivity contribution in [1.82, 2.24) is 4.90 Å². The molecule has 3 rings (SSSR count). The maximum Gasteiger partial charge on any atom is 0.293 e. The van der Waals surface area contributed by atoms with Gasteiger partial charge in [-0.25, -0.2) is 0 Å². The predicted octanol–water partition coefficient (Wildman–Crippen LogP) is 5.24. The molecule has 146 valence electrons. The van der Waals surface area contributed by atoms with E-state index in [9.17, 15) is 9.59 Å². The van der Waals surface area contributed by atoms with Crippen molar-refractivity contribution in [3.63, 3.8) is 0 Å². The minimum absolute atomic E-state index is 0.00609. The molecule has 1 aliphatic rings. The number of rotatable bonds is 7. The number of benzene rings is 2. The molecule has 5 nitrogen and oxygen atoms in total. The molecule has 0 unspecified atom stereocenters. The van der Waals surface area contributed by atoms with Crippen LogP contribution < -0.4 is 9.47 Å². The van der Waals surface area contributed by atoms with Gasteiger partial charge in [0.05, 0.1) is 22.6 Å². The summed E-state index contributed by atoms with van der Waals surface area (Å²) in [6.07, 6.45) is 1.70. The zero-order valence-corrected chi connectivity index (χ0v) is 17.1. The van der Waals surface area contributed by atoms with Gasteiger partial charge >= 0.3 is 0 Å². The Balaban J connectivity index is 1.68. The lowest BCUT2D eigenvalue weighted by Gasteiger charge is -2.14. The Bertz CT molecular complexity index is 913. The molecule has 2 amide bonds. The first-order chi connectivity index (χ1) is 13.5. The molecule has 0 bridgehead atoms. The number of carbonyl (C=O) groups excluding carboxylic acids is 2. The van der Waals surface area contributed by atoms with E-state index in [0.717, 1.165) is 17.3 Å². The van der Waals surface area contributed by atoms with E-state index in [2.05, 4.69) is 0 Å². The molecule has 0 N–H and O–H groups in total. The van der Waals surface area contributed by atoms with Crippen LogP contribution in [0, 0.1) is 0 Å². The molecule has 0 saturated carbocycles. The summed E-state index contributed by atoms with van der Waals surface area (Å²) in [5.74, 6) is 0.856. The molecule has 1 fully saturated rings. The number of halogens is 1. The molecule has 7 heteroatoms. The Morgan fingerprint density at radius 1 is 1.07 bits per heavy atom. The van der Waals surface area contributed by atoms with Gasteiger partial charge in [0, 0.05) is 5.56 Å². The lowest BCUT2D eigenvalue weighted by molar-refractivity contribution is -0.123. The number of para-hydroxylation sites is 2. The lowest BCUT2D eigenvalue weighted by atomic mass is 10.2. The Kier molecular flexibility index (Phi) is 6.65. The first kappa shape index (κ1) is 20.3. The van der Waals surface area contributed by atoms with E-state index in [1.807, 2.05) is 38.1 Å². The van der Waals surface area contributed by atoms with E-state index in [0.29, 0.717) is 21.4 Å². The minimum Gasteiger partial charge on any atom is -0.490 e. The lowest BCUT2D eigenvalue weighted by Crippen LogP contribution is -2.32. The van der Waals surface area contributed by atoms with Gasteiger partial charge in [0.15, 0.2) is 0 Å². The van der Waals surface area contributed by atoms with E-state index >= 15 is 0 Å². The van der Waals surface area contributed by atoms with Crippen molar-refractivity contribution >= 4 is 40.6 Å². The topological polar surface area (TPSA) is 55.8 Å². The normalized spacial score (nSPS) is 15.6. The second-order valence-electron chi connectivity index (χ2n) is 6.32. The van der Waals surface area contributed by atoms with Gasteiger partial charge in [0.1, 0.15) is 18.1 Å². The number of ether oxygens (including phenoxy) is 2. The predicted molar refractivity (Wildman–Crippen MR) is 112 cm³/mol. The number of imide groups is 1. The van der Waals surface area contributed by atoms with Crippen LogP contribution in [0.25, 0.3) is 6.08 Å². The highest BCUT2D eigenvalue weighted by atomic mass is 35.5. The third-order valence-electron chi connectivity index (χ3n) is 3.85. The Labute approximate surface area is 173 Å². The molecule has 0 atom stereocenters. The zero-order valence-electron chi connectivity index (χ0n) is 15.6. The van der Waals surface area contributed by atoms with E-state index < -0.39 is 0 Å². The van der Waals surface area contributed by atoms with Crippen LogP contribution in [0.1, 0.15) is 19.4 Å². The van der Waals surface area contributed by atoms with Crippen LogP contribution in [-0.2, 0) is 4.79 Å². The molecular weight excluding hydrogens is 398 g/mol. The van der Waals surface area contributed by atoms with Gasteiger partial charge in [-0.1, -0.05) is 41.9 Å². The standard InChI is InChI=1S/C21H20ClNO4S/c1-14(2)27-17-9-5-3-7-15(17)13-19-20(24)23(21(25)28-19)11-12-26-18-10-6-4-8-16(18)22/h3-10,13-14H,11-12H2,1-2H3/b19-13-. The zero-order chi connectivity index (χ0) is 20.1. The molecule has 0 aliphatic carbocycles. The molecule has 1 aliphatic heterocycles. The van der Waals surface area contributed by atoms with Crippen LogP contribution in [-0.4, -0.2) is 35.3 Å². The summed E-state index contributed by atoms with van der Waals surface area (Å²) < 4.78 is 11.4. The van der Waals surface area contributed by atoms with Crippen molar-refractivity contribution in [3.05, 3.63) is 64.0 Å². The fourth-order valence-electron chi connectivity index (χ4n) is 2.60. The largest absolute Gasteiger partial charge is 0.490 e. The summed E-state index contributed by atoms with van der Waals surface area (Å²) in [6.45, 7) is 4.19. The van der Waals surface area contributed by atoms with Crippen LogP contribution in [0.3, 0.4) is 0 Å². The molecule has 0 radical (unpaired) electrons. The van der Waals surface area contributed by atoms with Crippen LogP contribution in [0.2, 0.25) is 5.02 Å². The summed E-state index contributed by atoms with van der Waals surface area (Å²) in [7, 11) is 0. The summed E-state index contributed by atoms with van der Waals surface area (Å²) in [6, 6.07) is 14.5. The molecule has 1 heterocycles. The van der Waals surface area contributed by atoms with E-state index in [-0.39, 0.29) is 30.4 Å². The van der Waals surface area contributed by atoms with Crippen LogP contribution in [0.15, 0.2) is 53.4 Å². The van der Waals surface area contributed by atoms with Crippen molar-refractivity contribution in [1.29, 1.82) is 0 Å². The molecule has 2 aromatic carbocycles. The minimum atomic E-state index is -0.336. The summed E-state index contributed by atoms with van der Waals surface area (Å²) in [4.78, 5) is 26.5. The van der Waals surface area contributed by atoms with E-state index in [1.165, 1.54) is 4.90 Å². The number of amides is 2. The van der Waals surface area contributed by atoms with Gasteiger partial charge in [0.25, 0.3) is 11.1 Å². The van der Waals surface area contributed by atoms with Crippen molar-refractivity contribution < 1.29 is 19.1 Å². The van der Waals surface area contributed by atoms with E-state index in [4.69, 9.17) is 21.1 Å². The van der Waals surface area contributed by atoms with E-state index in [1.54, 1.807) is 30.3 Å². The van der Waals surface area contributed by atoms with Gasteiger partial charge in [-0.3, -0.25) is 14.5 Å². The maximum absolute atomic E-state index is 12.7. The van der Waals surface area contributed by atoms with Gasteiger partial charge in [-0.15, -0.1) is 0 Å². The van der Waals surface area contributed by atoms with Gasteiger partial charge < -0.3 is 9.47 Å². The second kappa shape index (κ2) is 9.17. The van der Waals surface area contributed by atoms with Gasteiger partial charge in [-0.2, -0.15) is 0 Å². The molecule has 0 spiro atoms. The van der Waals surface area contributed by atoms with Crippen LogP contribution in [0.5, 0.6) is 11.5 Å². The molecule has 1 saturated heterocycles. The Hall–Kier alpha value is -2.44. The SMILES string of the molecule is CC(C)Oc1ccccc1/C=C1\SC(=O)N(CCOc2ccccc2Cl)C1=O. The second-order valence-corrected chi connectivity index (χ2v) is 7.72. The van der Waals surface area contributed by atoms with Crippen LogP contribution >= 0.6 is 23.4 Å². The first-order valence-electron chi connectivity index (χ1n) is 8.84. The highest BCUT2D eigenvalue weighted by Crippen LogP contribution is 2.34. The summed E-state index contributed by atoms with van der Waals surface area (Å²) >= 11 is 6.96. The molecule has 28 heavy (non-hydrogen) atoms. The highest BCUT2D eigenvalue weighted by molar-refractivity contribution is 8.18. The molecule has 0 aromatic heterocycles. The fourth-order valence-corrected chi connectivity index (χ4v) is 3.65. The number of thioether (sulfide) groups is 1. The maximum atomic E-state index is 12.7. The Morgan fingerprint density at radius 3 is 2.46 bits per heavy atom. The van der Waals surface area contributed by atoms with Crippen molar-refractivity contribution in [2.45, 2.75) is 20.0 Å². The van der Waals surface area contributed by atoms with Gasteiger partial charge in [-0.05, 0) is 49.9 Å². The third-order valence-corrected chi connectivity index (χ3v) is 5.07. The Morgan fingerprint density at radius 2 is 1.75 bits per heavy atom. The number of hydrogen-bond donors (Lipinski definition) is 0. The van der Waals surface area contributed by atoms with Crippen molar-refractivity contribution in [2.75, 3.05) is 13.2 Å². The van der Waals surface area contributed by atoms with Gasteiger partial charge in [0.2, 0.25) is 0 Å². The number of nitrogens with zero attached hydrogens (tertiary/aromatic N) is 1. The highest BCUT2D eigenvalue weighted by Gasteiger charge is 2.35. The monoisotopic (exact) mass is 417 g/mol. The van der Waals surface area contributed by atoms with Crippen LogP contribution in [0.4, 0.5) is 4.79 Å². The smallest absolute Gasteiger partial charge is 0.293 e. The molecular formula is C21H20ClNO4S. The summed E-state index contributed by atoms with van der Waals surface area (Å²) in [5.41, 5.74) is 0.758. The number of carbonyl (C=O) groups is 2. The fraction of sp³-hybridized carbons (Fsp3) is 0.238. The average Bonchev–Trinajstić information content (AvgIpc) is 2.92. The third kappa shape index (κ3) is 4.88. The van der Waals surface area contributed by atoms with Crippen molar-refractivity contribution in [3.8, 4) is 11.5 Å². The average molecular weight is 418 g/mol. The van der Waals surface area contributed by atoms with Crippen molar-refractivity contribution in [2.24, 2.45) is 0 Å². The molecule has 2 aromatic rings. The number of hydrogen-bond acceptors (Lipinski definition) is 5. The summed E-state index contributed by atoms with van der Waals surface area (Å²) in [5, 5.41) is 0.166. The quantitative estimate of drug-likeness (QED) is 0.576. The first-order valence-corrected chi connectivity index (χ1v) is 10.0.